The molecule has 1 aliphatic carbocycles. The van der Waals surface area contributed by atoms with Crippen LogP contribution in [-0.2, 0) is 0 Å². The zero-order valence-electron chi connectivity index (χ0n) is 12.7. The van der Waals surface area contributed by atoms with Gasteiger partial charge in [0.25, 0.3) is 0 Å². The summed E-state index contributed by atoms with van der Waals surface area (Å²) in [5, 5.41) is 2.50. The van der Waals surface area contributed by atoms with E-state index in [2.05, 4.69) is 30.1 Å². The fourth-order valence-corrected chi connectivity index (χ4v) is 1.47. The number of nitrogens with zero attached hydrogens (tertiary/aromatic N) is 1. The van der Waals surface area contributed by atoms with Crippen LogP contribution >= 0.6 is 0 Å². The van der Waals surface area contributed by atoms with E-state index in [1.807, 2.05) is 47.7 Å². The molecule has 0 spiro atoms. The first-order valence-electron chi connectivity index (χ1n) is 7.00. The number of rotatable bonds is 0. The first kappa shape index (κ1) is 18.3. The van der Waals surface area contributed by atoms with Crippen molar-refractivity contribution in [2.75, 3.05) is 0 Å². The highest BCUT2D eigenvalue weighted by Gasteiger charge is 1.95. The third kappa shape index (κ3) is 6.25. The SMILES string of the molecule is CC.CC.CC.Cc1ccnc2c1=CCCC=2. The Hall–Kier alpha value is -1.11. The van der Waals surface area contributed by atoms with Gasteiger partial charge in [0, 0.05) is 6.20 Å². The van der Waals surface area contributed by atoms with Gasteiger partial charge in [-0.15, -0.1) is 0 Å². The van der Waals surface area contributed by atoms with Gasteiger partial charge in [-0.1, -0.05) is 53.7 Å². The quantitative estimate of drug-likeness (QED) is 0.666. The van der Waals surface area contributed by atoms with Crippen molar-refractivity contribution in [1.29, 1.82) is 0 Å². The summed E-state index contributed by atoms with van der Waals surface area (Å²) in [6, 6.07) is 2.06. The molecular weight excluding hydrogens is 206 g/mol. The van der Waals surface area contributed by atoms with Crippen LogP contribution in [0, 0.1) is 6.92 Å². The topological polar surface area (TPSA) is 12.9 Å². The molecule has 0 aliphatic heterocycles. The maximum Gasteiger partial charge on any atom is 0.0661 e. The Kier molecular flexibility index (Phi) is 13.9. The van der Waals surface area contributed by atoms with E-state index in [9.17, 15) is 0 Å². The average molecular weight is 235 g/mol. The minimum Gasteiger partial charge on any atom is -0.257 e. The largest absolute Gasteiger partial charge is 0.257 e. The van der Waals surface area contributed by atoms with Crippen molar-refractivity contribution in [1.82, 2.24) is 4.98 Å². The first-order valence-corrected chi connectivity index (χ1v) is 7.00. The lowest BCUT2D eigenvalue weighted by Gasteiger charge is -2.00. The lowest BCUT2D eigenvalue weighted by atomic mass is 10.1. The minimum atomic E-state index is 1.14. The Morgan fingerprint density at radius 1 is 0.882 bits per heavy atom. The van der Waals surface area contributed by atoms with Crippen LogP contribution in [0.2, 0.25) is 0 Å². The van der Waals surface area contributed by atoms with Gasteiger partial charge >= 0.3 is 0 Å². The highest BCUT2D eigenvalue weighted by atomic mass is 14.6. The number of hydrogen-bond acceptors (Lipinski definition) is 1. The summed E-state index contributed by atoms with van der Waals surface area (Å²) < 4.78 is 0. The zero-order chi connectivity index (χ0) is 13.7. The second kappa shape index (κ2) is 13.0. The van der Waals surface area contributed by atoms with Crippen LogP contribution in [0.25, 0.3) is 12.2 Å². The van der Waals surface area contributed by atoms with Crippen LogP contribution in [-0.4, -0.2) is 4.98 Å². The Balaban J connectivity index is 0. The molecule has 1 aliphatic rings. The van der Waals surface area contributed by atoms with Crippen molar-refractivity contribution in [3.8, 4) is 0 Å². The van der Waals surface area contributed by atoms with Gasteiger partial charge in [-0.05, 0) is 36.6 Å². The van der Waals surface area contributed by atoms with Crippen LogP contribution < -0.4 is 10.6 Å². The molecule has 1 aromatic rings. The molecule has 0 amide bonds. The molecular formula is C16H29N. The molecule has 1 aromatic heterocycles. The van der Waals surface area contributed by atoms with E-state index < -0.39 is 0 Å². The molecule has 0 aromatic carbocycles. The van der Waals surface area contributed by atoms with Crippen LogP contribution in [0.4, 0.5) is 0 Å². The van der Waals surface area contributed by atoms with Crippen molar-refractivity contribution in [3.63, 3.8) is 0 Å². The smallest absolute Gasteiger partial charge is 0.0661 e. The van der Waals surface area contributed by atoms with Gasteiger partial charge in [0.05, 0.1) is 5.35 Å². The van der Waals surface area contributed by atoms with Crippen molar-refractivity contribution in [3.05, 3.63) is 28.4 Å². The number of pyridine rings is 1. The van der Waals surface area contributed by atoms with E-state index in [1.165, 1.54) is 17.2 Å². The summed E-state index contributed by atoms with van der Waals surface area (Å²) in [6.07, 6.45) is 8.67. The Morgan fingerprint density at radius 3 is 1.94 bits per heavy atom. The van der Waals surface area contributed by atoms with Gasteiger partial charge in [-0.3, -0.25) is 4.98 Å². The summed E-state index contributed by atoms with van der Waals surface area (Å²) >= 11 is 0. The molecule has 0 bridgehead atoms. The van der Waals surface area contributed by atoms with E-state index in [0.717, 1.165) is 11.8 Å². The first-order chi connectivity index (χ1) is 8.38. The molecule has 2 rings (SSSR count). The molecule has 1 heteroatoms. The summed E-state index contributed by atoms with van der Waals surface area (Å²) in [6.45, 7) is 14.1. The lowest BCUT2D eigenvalue weighted by Crippen LogP contribution is -2.31. The van der Waals surface area contributed by atoms with Crippen LogP contribution in [0.3, 0.4) is 0 Å². The van der Waals surface area contributed by atoms with Gasteiger partial charge in [0.15, 0.2) is 0 Å². The summed E-state index contributed by atoms with van der Waals surface area (Å²) in [5.41, 5.74) is 1.34. The van der Waals surface area contributed by atoms with Gasteiger partial charge < -0.3 is 0 Å². The number of fused-ring (bicyclic) bond motifs is 1. The molecule has 0 atom stereocenters. The van der Waals surface area contributed by atoms with Crippen molar-refractivity contribution in [2.45, 2.75) is 61.3 Å². The number of aromatic nitrogens is 1. The average Bonchev–Trinajstić information content (AvgIpc) is 2.46. The maximum atomic E-state index is 4.29. The molecule has 17 heavy (non-hydrogen) atoms. The second-order valence-corrected chi connectivity index (χ2v) is 2.91. The predicted octanol–water partition coefficient (Wildman–Crippen LogP) is 3.82. The molecule has 98 valence electrons. The lowest BCUT2D eigenvalue weighted by molar-refractivity contribution is 1.06. The van der Waals surface area contributed by atoms with Crippen LogP contribution in [0.5, 0.6) is 0 Å². The Labute approximate surface area is 107 Å². The van der Waals surface area contributed by atoms with Crippen LogP contribution in [0.15, 0.2) is 12.3 Å². The molecule has 1 nitrogen and oxygen atoms in total. The molecule has 0 N–H and O–H groups in total. The van der Waals surface area contributed by atoms with Gasteiger partial charge in [-0.2, -0.15) is 0 Å². The van der Waals surface area contributed by atoms with E-state index >= 15 is 0 Å². The Morgan fingerprint density at radius 2 is 1.41 bits per heavy atom. The third-order valence-electron chi connectivity index (χ3n) is 2.09. The predicted molar refractivity (Wildman–Crippen MR) is 80.4 cm³/mol. The van der Waals surface area contributed by atoms with Crippen molar-refractivity contribution < 1.29 is 0 Å². The van der Waals surface area contributed by atoms with E-state index in [0.29, 0.717) is 0 Å². The van der Waals surface area contributed by atoms with Gasteiger partial charge in [0.2, 0.25) is 0 Å². The summed E-state index contributed by atoms with van der Waals surface area (Å²) in [7, 11) is 0. The van der Waals surface area contributed by atoms with E-state index in [1.54, 1.807) is 0 Å². The Bertz CT molecular complexity index is 377. The van der Waals surface area contributed by atoms with Gasteiger partial charge in [0.1, 0.15) is 0 Å². The number of aryl methyl sites for hydroxylation is 1. The fraction of sp³-hybridized carbons (Fsp3) is 0.562. The second-order valence-electron chi connectivity index (χ2n) is 2.91. The van der Waals surface area contributed by atoms with E-state index in [-0.39, 0.29) is 0 Å². The molecule has 0 saturated carbocycles. The zero-order valence-corrected chi connectivity index (χ0v) is 12.7. The van der Waals surface area contributed by atoms with E-state index in [4.69, 9.17) is 0 Å². The van der Waals surface area contributed by atoms with Crippen molar-refractivity contribution in [2.24, 2.45) is 0 Å². The third-order valence-corrected chi connectivity index (χ3v) is 2.09. The van der Waals surface area contributed by atoms with Crippen LogP contribution in [0.1, 0.15) is 59.9 Å². The van der Waals surface area contributed by atoms with Gasteiger partial charge in [-0.25, -0.2) is 0 Å². The molecule has 0 radical (unpaired) electrons. The molecule has 0 unspecified atom stereocenters. The molecule has 0 fully saturated rings. The maximum absolute atomic E-state index is 4.29. The highest BCUT2D eigenvalue weighted by Crippen LogP contribution is 1.95. The highest BCUT2D eigenvalue weighted by molar-refractivity contribution is 5.37. The normalized spacial score (nSPS) is 10.5. The molecule has 1 heterocycles. The van der Waals surface area contributed by atoms with Crippen molar-refractivity contribution >= 4 is 12.2 Å². The summed E-state index contributed by atoms with van der Waals surface area (Å²) in [4.78, 5) is 4.29. The number of hydrogen-bond donors (Lipinski definition) is 0. The molecule has 0 saturated heterocycles. The fourth-order valence-electron chi connectivity index (χ4n) is 1.47. The standard InChI is InChI=1S/C10H11N.3C2H6/c1-8-6-7-11-10-5-3-2-4-9(8)10;3*1-2/h4-7H,2-3H2,1H3;3*1-2H3. The summed E-state index contributed by atoms with van der Waals surface area (Å²) in [5.74, 6) is 0. The minimum absolute atomic E-state index is 1.14. The monoisotopic (exact) mass is 235 g/mol.